The van der Waals surface area contributed by atoms with Gasteiger partial charge in [-0.25, -0.2) is 9.59 Å². The average Bonchev–Trinajstić information content (AvgIpc) is 4.09. The van der Waals surface area contributed by atoms with Crippen LogP contribution in [0, 0.1) is 0 Å². The highest BCUT2D eigenvalue weighted by molar-refractivity contribution is 5.91. The number of ether oxygens (including phenoxy) is 7. The zero-order chi connectivity index (χ0) is 33.7. The van der Waals surface area contributed by atoms with E-state index in [1.54, 1.807) is 61.0 Å². The van der Waals surface area contributed by atoms with E-state index in [9.17, 15) is 9.59 Å². The molecule has 2 aliphatic heterocycles. The summed E-state index contributed by atoms with van der Waals surface area (Å²) >= 11 is 0. The molecule has 2 fully saturated rings. The molecule has 2 heterocycles. The third kappa shape index (κ3) is 11.4. The molecule has 252 valence electrons. The van der Waals surface area contributed by atoms with Crippen LogP contribution in [0.2, 0.25) is 0 Å². The van der Waals surface area contributed by atoms with E-state index in [4.69, 9.17) is 33.2 Å². The third-order valence-corrected chi connectivity index (χ3v) is 7.29. The quantitative estimate of drug-likeness (QED) is 0.0563. The van der Waals surface area contributed by atoms with Crippen molar-refractivity contribution in [3.05, 3.63) is 119 Å². The minimum atomic E-state index is -0.457. The van der Waals surface area contributed by atoms with E-state index >= 15 is 0 Å². The fraction of sp³-hybridized carbons (Fsp3) is 0.263. The lowest BCUT2D eigenvalue weighted by Crippen LogP contribution is -2.14. The molecule has 2 aliphatic rings. The minimum Gasteiger partial charge on any atom is -0.491 e. The highest BCUT2D eigenvalue weighted by Crippen LogP contribution is 2.21. The SMILES string of the molecule is O=C(OCCOCCOC(=O)c1ccc(C=Nc2ccc(OCC3CO3)cc2)cc1)c1ccc(C=Nc2ccc(OCC3CO3)cc2)cc1. The van der Waals surface area contributed by atoms with E-state index in [-0.39, 0.29) is 38.6 Å². The number of benzene rings is 4. The maximum Gasteiger partial charge on any atom is 0.338 e. The minimum absolute atomic E-state index is 0.0696. The Labute approximate surface area is 284 Å². The fourth-order valence-electron chi connectivity index (χ4n) is 4.33. The maximum atomic E-state index is 12.4. The van der Waals surface area contributed by atoms with Gasteiger partial charge in [0.05, 0.1) is 48.9 Å². The van der Waals surface area contributed by atoms with Crippen molar-refractivity contribution in [3.8, 4) is 11.5 Å². The van der Waals surface area contributed by atoms with Gasteiger partial charge in [0.25, 0.3) is 0 Å². The largest absolute Gasteiger partial charge is 0.491 e. The van der Waals surface area contributed by atoms with Gasteiger partial charge < -0.3 is 33.2 Å². The van der Waals surface area contributed by atoms with Gasteiger partial charge in [0.1, 0.15) is 50.1 Å². The molecule has 0 aliphatic carbocycles. The number of epoxide rings is 2. The van der Waals surface area contributed by atoms with Gasteiger partial charge in [-0.05, 0) is 83.9 Å². The maximum absolute atomic E-state index is 12.4. The molecular formula is C38H36N2O9. The molecule has 0 amide bonds. The Morgan fingerprint density at radius 2 is 0.959 bits per heavy atom. The van der Waals surface area contributed by atoms with Gasteiger partial charge >= 0.3 is 11.9 Å². The molecule has 49 heavy (non-hydrogen) atoms. The standard InChI is InChI=1S/C38H36N2O9/c41-37(29-5-1-27(2-6-29)21-39-31-9-13-33(14-10-31)46-23-35-25-48-35)44-19-17-43-18-20-45-38(42)30-7-3-28(4-8-30)22-40-32-11-15-34(16-12-32)47-24-36-26-49-36/h1-16,21-22,35-36H,17-20,23-26H2. The third-order valence-electron chi connectivity index (χ3n) is 7.29. The number of carbonyl (C=O) groups excluding carboxylic acids is 2. The lowest BCUT2D eigenvalue weighted by molar-refractivity contribution is 0.0151. The second kappa shape index (κ2) is 17.2. The molecule has 2 saturated heterocycles. The molecule has 0 aromatic heterocycles. The summed E-state index contributed by atoms with van der Waals surface area (Å²) in [6.07, 6.45) is 3.87. The van der Waals surface area contributed by atoms with Crippen LogP contribution in [0.1, 0.15) is 31.8 Å². The highest BCUT2D eigenvalue weighted by Gasteiger charge is 2.23. The summed E-state index contributed by atoms with van der Waals surface area (Å²) in [6.45, 7) is 3.12. The van der Waals surface area contributed by atoms with Gasteiger partial charge in [-0.3, -0.25) is 9.98 Å². The Morgan fingerprint density at radius 1 is 0.571 bits per heavy atom. The summed E-state index contributed by atoms with van der Waals surface area (Å²) < 4.78 is 37.6. The monoisotopic (exact) mass is 664 g/mol. The first kappa shape index (κ1) is 33.5. The van der Waals surface area contributed by atoms with Gasteiger partial charge in [0.2, 0.25) is 0 Å². The van der Waals surface area contributed by atoms with E-state index < -0.39 is 11.9 Å². The number of rotatable bonds is 18. The van der Waals surface area contributed by atoms with Gasteiger partial charge in [0, 0.05) is 12.4 Å². The van der Waals surface area contributed by atoms with Crippen LogP contribution in [0.15, 0.2) is 107 Å². The topological polar surface area (TPSA) is 130 Å². The van der Waals surface area contributed by atoms with Crippen molar-refractivity contribution in [1.82, 2.24) is 0 Å². The predicted octanol–water partition coefficient (Wildman–Crippen LogP) is 5.77. The molecule has 11 nitrogen and oxygen atoms in total. The highest BCUT2D eigenvalue weighted by atomic mass is 16.6. The van der Waals surface area contributed by atoms with Crippen LogP contribution in [0.25, 0.3) is 0 Å². The number of esters is 2. The molecule has 2 unspecified atom stereocenters. The summed E-state index contributed by atoms with van der Waals surface area (Å²) in [5.74, 6) is 0.636. The van der Waals surface area contributed by atoms with Gasteiger partial charge in [-0.2, -0.15) is 0 Å². The van der Waals surface area contributed by atoms with Crippen LogP contribution in [-0.2, 0) is 23.7 Å². The molecule has 0 spiro atoms. The number of carbonyl (C=O) groups is 2. The first-order valence-electron chi connectivity index (χ1n) is 16.0. The van der Waals surface area contributed by atoms with Crippen molar-refractivity contribution in [2.45, 2.75) is 12.2 Å². The first-order chi connectivity index (χ1) is 24.1. The van der Waals surface area contributed by atoms with Crippen LogP contribution < -0.4 is 9.47 Å². The van der Waals surface area contributed by atoms with E-state index in [1.165, 1.54) is 0 Å². The van der Waals surface area contributed by atoms with Crippen LogP contribution in [0.3, 0.4) is 0 Å². The fourth-order valence-corrected chi connectivity index (χ4v) is 4.33. The number of nitrogens with zero attached hydrogens (tertiary/aromatic N) is 2. The van der Waals surface area contributed by atoms with Crippen LogP contribution >= 0.6 is 0 Å². The molecule has 4 aromatic carbocycles. The van der Waals surface area contributed by atoms with Crippen molar-refractivity contribution < 1.29 is 42.7 Å². The second-order valence-corrected chi connectivity index (χ2v) is 11.2. The lowest BCUT2D eigenvalue weighted by atomic mass is 10.1. The Balaban J connectivity index is 0.823. The van der Waals surface area contributed by atoms with Gasteiger partial charge in [-0.15, -0.1) is 0 Å². The zero-order valence-electron chi connectivity index (χ0n) is 26.8. The normalized spacial score (nSPS) is 16.4. The molecular weight excluding hydrogens is 628 g/mol. The lowest BCUT2D eigenvalue weighted by Gasteiger charge is -2.08. The number of aliphatic imine (C=N–C) groups is 2. The first-order valence-corrected chi connectivity index (χ1v) is 16.0. The molecule has 4 aromatic rings. The summed E-state index contributed by atoms with van der Waals surface area (Å²) in [4.78, 5) is 33.7. The Bertz CT molecular complexity index is 1580. The van der Waals surface area contributed by atoms with Gasteiger partial charge in [0.15, 0.2) is 0 Å². The van der Waals surface area contributed by atoms with E-state index in [2.05, 4.69) is 9.98 Å². The van der Waals surface area contributed by atoms with Gasteiger partial charge in [-0.1, -0.05) is 24.3 Å². The molecule has 11 heteroatoms. The molecule has 6 rings (SSSR count). The summed E-state index contributed by atoms with van der Waals surface area (Å²) in [7, 11) is 0. The summed E-state index contributed by atoms with van der Waals surface area (Å²) in [5, 5.41) is 0. The van der Waals surface area contributed by atoms with Crippen LogP contribution in [0.4, 0.5) is 11.4 Å². The Kier molecular flexibility index (Phi) is 11.7. The smallest absolute Gasteiger partial charge is 0.338 e. The van der Waals surface area contributed by atoms with Crippen molar-refractivity contribution in [3.63, 3.8) is 0 Å². The number of hydrogen-bond donors (Lipinski definition) is 0. The molecule has 2 atom stereocenters. The van der Waals surface area contributed by atoms with E-state index in [1.807, 2.05) is 48.5 Å². The van der Waals surface area contributed by atoms with Crippen LogP contribution in [-0.4, -0.2) is 89.4 Å². The van der Waals surface area contributed by atoms with Crippen molar-refractivity contribution >= 4 is 35.7 Å². The van der Waals surface area contributed by atoms with Crippen molar-refractivity contribution in [1.29, 1.82) is 0 Å². The molecule has 0 N–H and O–H groups in total. The number of hydrogen-bond acceptors (Lipinski definition) is 11. The molecule has 0 bridgehead atoms. The van der Waals surface area contributed by atoms with Crippen LogP contribution in [0.5, 0.6) is 11.5 Å². The predicted molar refractivity (Wildman–Crippen MR) is 182 cm³/mol. The van der Waals surface area contributed by atoms with E-state index in [0.717, 1.165) is 47.2 Å². The van der Waals surface area contributed by atoms with E-state index in [0.29, 0.717) is 24.3 Å². The van der Waals surface area contributed by atoms with Crippen molar-refractivity contribution in [2.24, 2.45) is 9.98 Å². The average molecular weight is 665 g/mol. The molecule has 0 saturated carbocycles. The zero-order valence-corrected chi connectivity index (χ0v) is 26.8. The Hall–Kier alpha value is -5.36. The summed E-state index contributed by atoms with van der Waals surface area (Å²) in [5.41, 5.74) is 4.10. The summed E-state index contributed by atoms with van der Waals surface area (Å²) in [6, 6.07) is 28.9. The molecule has 0 radical (unpaired) electrons. The second-order valence-electron chi connectivity index (χ2n) is 11.2. The van der Waals surface area contributed by atoms with Crippen molar-refractivity contribution in [2.75, 3.05) is 52.9 Å². The Morgan fingerprint density at radius 3 is 1.33 bits per heavy atom.